The molecular formula is C33H56F4NO7P. The van der Waals surface area contributed by atoms with Crippen LogP contribution in [-0.4, -0.2) is 48.3 Å². The minimum atomic E-state index is -4.68. The van der Waals surface area contributed by atoms with Gasteiger partial charge in [-0.1, -0.05) is 38.7 Å². The lowest BCUT2D eigenvalue weighted by atomic mass is 9.88. The highest BCUT2D eigenvalue weighted by Gasteiger charge is 2.42. The zero-order valence-corrected chi connectivity index (χ0v) is 30.2. The smallest absolute Gasteiger partial charge is 0.475 e. The van der Waals surface area contributed by atoms with Crippen molar-refractivity contribution in [2.75, 3.05) is 19.9 Å². The van der Waals surface area contributed by atoms with Crippen LogP contribution in [0.25, 0.3) is 0 Å². The lowest BCUT2D eigenvalue weighted by Crippen LogP contribution is -2.54. The molecule has 0 saturated heterocycles. The molecule has 1 rings (SSSR count). The Balaban J connectivity index is 3.39. The van der Waals surface area contributed by atoms with E-state index < -0.39 is 61.3 Å². The molecule has 268 valence electrons. The maximum absolute atomic E-state index is 14.1. The number of phosphoric ester groups is 1. The highest BCUT2D eigenvalue weighted by molar-refractivity contribution is 7.48. The molecule has 1 atom stereocenters. The van der Waals surface area contributed by atoms with Crippen LogP contribution < -0.4 is 10.1 Å². The van der Waals surface area contributed by atoms with Crippen molar-refractivity contribution in [3.05, 3.63) is 29.3 Å². The lowest BCUT2D eigenvalue weighted by Gasteiger charge is -2.37. The summed E-state index contributed by atoms with van der Waals surface area (Å²) in [6, 6.07) is 3.78. The third-order valence-electron chi connectivity index (χ3n) is 6.36. The second-order valence-corrected chi connectivity index (χ2v) is 16.1. The van der Waals surface area contributed by atoms with E-state index in [2.05, 4.69) is 12.2 Å². The molecule has 0 aliphatic carbocycles. The van der Waals surface area contributed by atoms with E-state index in [-0.39, 0.29) is 37.2 Å². The van der Waals surface area contributed by atoms with Gasteiger partial charge in [-0.05, 0) is 99.3 Å². The van der Waals surface area contributed by atoms with Crippen molar-refractivity contribution in [1.82, 2.24) is 5.32 Å². The Morgan fingerprint density at radius 1 is 0.848 bits per heavy atom. The van der Waals surface area contributed by atoms with E-state index in [0.29, 0.717) is 6.42 Å². The molecule has 0 spiro atoms. The van der Waals surface area contributed by atoms with E-state index in [1.54, 1.807) is 62.3 Å². The fourth-order valence-electron chi connectivity index (χ4n) is 4.43. The average molecular weight is 686 g/mol. The summed E-state index contributed by atoms with van der Waals surface area (Å²) >= 11 is 0. The molecule has 0 aliphatic rings. The number of unbranched alkanes of at least 4 members (excludes halogenated alkanes) is 4. The normalized spacial score (nSPS) is 14.6. The van der Waals surface area contributed by atoms with Gasteiger partial charge in [-0.25, -0.2) is 9.36 Å². The Bertz CT molecular complexity index is 1110. The molecule has 0 fully saturated rings. The molecule has 8 nitrogen and oxygen atoms in total. The number of carbonyl (C=O) groups excluding carboxylic acids is 1. The average Bonchev–Trinajstić information content (AvgIpc) is 2.85. The number of hydrogen-bond donors (Lipinski definition) is 1. The van der Waals surface area contributed by atoms with E-state index in [4.69, 9.17) is 23.0 Å². The maximum atomic E-state index is 14.1. The number of carbonyl (C=O) groups is 1. The van der Waals surface area contributed by atoms with Crippen molar-refractivity contribution in [1.29, 1.82) is 0 Å². The largest absolute Gasteiger partial charge is 0.493 e. The summed E-state index contributed by atoms with van der Waals surface area (Å²) in [5.41, 5.74) is -5.03. The minimum Gasteiger partial charge on any atom is -0.493 e. The fraction of sp³-hybridized carbons (Fsp3) is 0.788. The number of benzene rings is 1. The topological polar surface area (TPSA) is 92.3 Å². The standard InChI is InChI=1S/C33H56F4NO7P/c1-11-12-13-14-15-22-41-27-17-16-25(23-26(27)33(35,36)37)18-19-32(20-21-34,38-28(39)43-29(2,3)4)24-42-46(40,44-30(5,6)7)45-31(8,9)10/h16-17,23H,11-15,18-22,24H2,1-10H3,(H,38,39). The summed E-state index contributed by atoms with van der Waals surface area (Å²) in [6.45, 7) is 15.6. The second-order valence-electron chi connectivity index (χ2n) is 14.6. The van der Waals surface area contributed by atoms with Crippen LogP contribution in [0.5, 0.6) is 5.75 Å². The number of halogens is 4. The molecule has 13 heteroatoms. The van der Waals surface area contributed by atoms with Gasteiger partial charge in [0.25, 0.3) is 0 Å². The van der Waals surface area contributed by atoms with Crippen LogP contribution >= 0.6 is 7.82 Å². The van der Waals surface area contributed by atoms with Crippen LogP contribution in [0.2, 0.25) is 0 Å². The van der Waals surface area contributed by atoms with Gasteiger partial charge in [-0.15, -0.1) is 0 Å². The van der Waals surface area contributed by atoms with Gasteiger partial charge >= 0.3 is 20.1 Å². The molecule has 0 radical (unpaired) electrons. The van der Waals surface area contributed by atoms with Crippen molar-refractivity contribution in [3.8, 4) is 5.75 Å². The minimum absolute atomic E-state index is 0.0237. The molecule has 0 aliphatic heterocycles. The monoisotopic (exact) mass is 685 g/mol. The molecule has 0 saturated carbocycles. The van der Waals surface area contributed by atoms with E-state index in [9.17, 15) is 26.9 Å². The van der Waals surface area contributed by atoms with Crippen molar-refractivity contribution in [2.24, 2.45) is 0 Å². The molecule has 46 heavy (non-hydrogen) atoms. The molecule has 1 N–H and O–H groups in total. The van der Waals surface area contributed by atoms with E-state index >= 15 is 0 Å². The number of amides is 1. The Hall–Kier alpha value is -1.88. The van der Waals surface area contributed by atoms with Crippen molar-refractivity contribution in [3.63, 3.8) is 0 Å². The summed E-state index contributed by atoms with van der Waals surface area (Å²) < 4.78 is 98.2. The van der Waals surface area contributed by atoms with Crippen LogP contribution in [0, 0.1) is 0 Å². The van der Waals surface area contributed by atoms with Gasteiger partial charge in [-0.3, -0.25) is 18.0 Å². The molecule has 0 bridgehead atoms. The van der Waals surface area contributed by atoms with Crippen molar-refractivity contribution >= 4 is 13.9 Å². The zero-order valence-electron chi connectivity index (χ0n) is 29.3. The first-order chi connectivity index (χ1) is 20.9. The predicted molar refractivity (Wildman–Crippen MR) is 172 cm³/mol. The second kappa shape index (κ2) is 17.5. The van der Waals surface area contributed by atoms with Gasteiger partial charge in [-0.2, -0.15) is 13.2 Å². The van der Waals surface area contributed by atoms with Crippen LogP contribution in [-0.2, 0) is 35.5 Å². The zero-order chi connectivity index (χ0) is 35.5. The summed E-state index contributed by atoms with van der Waals surface area (Å²) in [4.78, 5) is 12.9. The number of rotatable bonds is 18. The fourth-order valence-corrected chi connectivity index (χ4v) is 6.32. The Morgan fingerprint density at radius 2 is 1.43 bits per heavy atom. The summed E-state index contributed by atoms with van der Waals surface area (Å²) in [5, 5.41) is 2.66. The molecule has 1 unspecified atom stereocenters. The molecule has 1 aromatic rings. The van der Waals surface area contributed by atoms with Crippen molar-refractivity contribution in [2.45, 2.75) is 149 Å². The van der Waals surface area contributed by atoms with Gasteiger partial charge in [0, 0.05) is 6.42 Å². The third kappa shape index (κ3) is 17.3. The molecule has 0 heterocycles. The predicted octanol–water partition coefficient (Wildman–Crippen LogP) is 10.4. The van der Waals surface area contributed by atoms with Crippen LogP contribution in [0.4, 0.5) is 22.4 Å². The number of ether oxygens (including phenoxy) is 2. The van der Waals surface area contributed by atoms with Gasteiger partial charge in [0.15, 0.2) is 0 Å². The summed E-state index contributed by atoms with van der Waals surface area (Å²) in [5.74, 6) is -0.267. The first-order valence-corrected chi connectivity index (χ1v) is 17.4. The van der Waals surface area contributed by atoms with Crippen molar-refractivity contribution < 1.29 is 50.0 Å². The Morgan fingerprint density at radius 3 is 1.93 bits per heavy atom. The van der Waals surface area contributed by atoms with E-state index in [1.165, 1.54) is 12.1 Å². The van der Waals surface area contributed by atoms with E-state index in [1.807, 2.05) is 0 Å². The van der Waals surface area contributed by atoms with Gasteiger partial charge < -0.3 is 14.8 Å². The summed E-state index contributed by atoms with van der Waals surface area (Å²) in [6.07, 6.45) is -1.38. The van der Waals surface area contributed by atoms with Gasteiger partial charge in [0.1, 0.15) is 11.4 Å². The number of hydrogen-bond acceptors (Lipinski definition) is 7. The summed E-state index contributed by atoms with van der Waals surface area (Å²) in [7, 11) is -4.30. The van der Waals surface area contributed by atoms with Gasteiger partial charge in [0.2, 0.25) is 0 Å². The molecule has 0 aromatic heterocycles. The molecule has 1 amide bonds. The molecular weight excluding hydrogens is 629 g/mol. The quantitative estimate of drug-likeness (QED) is 0.0934. The number of phosphoric acid groups is 1. The highest BCUT2D eigenvalue weighted by Crippen LogP contribution is 2.56. The number of alkyl halides is 4. The lowest BCUT2D eigenvalue weighted by molar-refractivity contribution is -0.139. The number of aryl methyl sites for hydroxylation is 1. The van der Waals surface area contributed by atoms with E-state index in [0.717, 1.165) is 31.7 Å². The highest BCUT2D eigenvalue weighted by atomic mass is 31.2. The number of nitrogens with one attached hydrogen (secondary N) is 1. The maximum Gasteiger partial charge on any atom is 0.475 e. The Kier molecular flexibility index (Phi) is 16.0. The number of alkyl carbamates (subject to hydrolysis) is 1. The Labute approximate surface area is 273 Å². The van der Waals surface area contributed by atoms with Crippen LogP contribution in [0.1, 0.15) is 125 Å². The first kappa shape index (κ1) is 42.1. The van der Waals surface area contributed by atoms with Gasteiger partial charge in [0.05, 0.1) is 42.2 Å². The first-order valence-electron chi connectivity index (χ1n) is 16.0. The third-order valence-corrected chi connectivity index (χ3v) is 8.34. The molecule has 1 aromatic carbocycles. The van der Waals surface area contributed by atoms with Crippen LogP contribution in [0.3, 0.4) is 0 Å². The SMILES string of the molecule is CCCCCCCOc1ccc(CCC(CCF)(COP(=O)(OC(C)(C)C)OC(C)(C)C)NC(=O)OC(C)(C)C)cc1C(F)(F)F. The van der Waals surface area contributed by atoms with Crippen LogP contribution in [0.15, 0.2) is 18.2 Å².